The van der Waals surface area contributed by atoms with Crippen LogP contribution in [0.25, 0.3) is 0 Å². The molecule has 3 nitrogen and oxygen atoms in total. The standard InChI is InChI=1S/C14H24N2O/c1-5-11-8-12(6-7-13(11)17-4)14(16-3)10(2)9-15/h6-8,10,14,16H,5,9,15H2,1-4H3. The molecular formula is C14H24N2O. The average Bonchev–Trinajstić information content (AvgIpc) is 2.38. The maximum absolute atomic E-state index is 5.75. The van der Waals surface area contributed by atoms with E-state index in [0.717, 1.165) is 12.2 Å². The van der Waals surface area contributed by atoms with Crippen molar-refractivity contribution >= 4 is 0 Å². The van der Waals surface area contributed by atoms with Crippen molar-refractivity contribution in [1.29, 1.82) is 0 Å². The molecule has 0 saturated heterocycles. The first-order chi connectivity index (χ1) is 8.17. The fourth-order valence-electron chi connectivity index (χ4n) is 2.18. The normalized spacial score (nSPS) is 14.4. The van der Waals surface area contributed by atoms with Crippen molar-refractivity contribution in [2.75, 3.05) is 20.7 Å². The molecule has 17 heavy (non-hydrogen) atoms. The maximum atomic E-state index is 5.75. The highest BCUT2D eigenvalue weighted by atomic mass is 16.5. The molecule has 0 aliphatic heterocycles. The number of hydrogen-bond acceptors (Lipinski definition) is 3. The molecule has 2 unspecified atom stereocenters. The lowest BCUT2D eigenvalue weighted by Crippen LogP contribution is -2.28. The van der Waals surface area contributed by atoms with Crippen LogP contribution in [0, 0.1) is 5.92 Å². The molecule has 3 heteroatoms. The number of benzene rings is 1. The van der Waals surface area contributed by atoms with Crippen molar-refractivity contribution in [2.24, 2.45) is 11.7 Å². The van der Waals surface area contributed by atoms with Gasteiger partial charge in [0.2, 0.25) is 0 Å². The molecular weight excluding hydrogens is 212 g/mol. The molecule has 0 bridgehead atoms. The lowest BCUT2D eigenvalue weighted by molar-refractivity contribution is 0.404. The number of hydrogen-bond donors (Lipinski definition) is 2. The zero-order chi connectivity index (χ0) is 12.8. The highest BCUT2D eigenvalue weighted by Gasteiger charge is 2.17. The van der Waals surface area contributed by atoms with Crippen molar-refractivity contribution in [3.05, 3.63) is 29.3 Å². The van der Waals surface area contributed by atoms with Gasteiger partial charge in [-0.25, -0.2) is 0 Å². The van der Waals surface area contributed by atoms with Gasteiger partial charge in [-0.05, 0) is 43.1 Å². The van der Waals surface area contributed by atoms with E-state index in [1.165, 1.54) is 11.1 Å². The molecule has 3 N–H and O–H groups in total. The minimum atomic E-state index is 0.302. The average molecular weight is 236 g/mol. The molecule has 0 saturated carbocycles. The monoisotopic (exact) mass is 236 g/mol. The molecule has 1 aromatic carbocycles. The first kappa shape index (κ1) is 14.0. The largest absolute Gasteiger partial charge is 0.496 e. The molecule has 0 fully saturated rings. The van der Waals surface area contributed by atoms with E-state index < -0.39 is 0 Å². The zero-order valence-electron chi connectivity index (χ0n) is 11.3. The van der Waals surface area contributed by atoms with Crippen LogP contribution in [0.3, 0.4) is 0 Å². The van der Waals surface area contributed by atoms with Gasteiger partial charge < -0.3 is 15.8 Å². The Morgan fingerprint density at radius 2 is 2.12 bits per heavy atom. The summed E-state index contributed by atoms with van der Waals surface area (Å²) in [5.74, 6) is 1.38. The van der Waals surface area contributed by atoms with Gasteiger partial charge in [0, 0.05) is 6.04 Å². The summed E-state index contributed by atoms with van der Waals surface area (Å²) in [6, 6.07) is 6.68. The van der Waals surface area contributed by atoms with E-state index in [0.29, 0.717) is 18.5 Å². The van der Waals surface area contributed by atoms with Crippen LogP contribution in [0.15, 0.2) is 18.2 Å². The van der Waals surface area contributed by atoms with Crippen LogP contribution in [0.4, 0.5) is 0 Å². The molecule has 0 aliphatic rings. The third-order valence-corrected chi connectivity index (χ3v) is 3.30. The Bertz CT molecular complexity index is 352. The highest BCUT2D eigenvalue weighted by Crippen LogP contribution is 2.27. The van der Waals surface area contributed by atoms with Gasteiger partial charge in [0.25, 0.3) is 0 Å². The van der Waals surface area contributed by atoms with E-state index >= 15 is 0 Å². The minimum absolute atomic E-state index is 0.302. The highest BCUT2D eigenvalue weighted by molar-refractivity contribution is 5.38. The van der Waals surface area contributed by atoms with Crippen molar-refractivity contribution in [3.63, 3.8) is 0 Å². The summed E-state index contributed by atoms with van der Waals surface area (Å²) in [5, 5.41) is 3.34. The zero-order valence-corrected chi connectivity index (χ0v) is 11.3. The van der Waals surface area contributed by atoms with E-state index in [1.807, 2.05) is 13.1 Å². The van der Waals surface area contributed by atoms with Crippen LogP contribution in [-0.4, -0.2) is 20.7 Å². The minimum Gasteiger partial charge on any atom is -0.496 e. The first-order valence-corrected chi connectivity index (χ1v) is 6.22. The molecule has 96 valence electrons. The third-order valence-electron chi connectivity index (χ3n) is 3.30. The molecule has 0 spiro atoms. The van der Waals surface area contributed by atoms with E-state index in [9.17, 15) is 0 Å². The van der Waals surface area contributed by atoms with Crippen molar-refractivity contribution in [2.45, 2.75) is 26.3 Å². The Hall–Kier alpha value is -1.06. The van der Waals surface area contributed by atoms with Crippen LogP contribution < -0.4 is 15.8 Å². The van der Waals surface area contributed by atoms with E-state index in [4.69, 9.17) is 10.5 Å². The van der Waals surface area contributed by atoms with E-state index in [-0.39, 0.29) is 0 Å². The molecule has 1 aromatic rings. The van der Waals surface area contributed by atoms with Gasteiger partial charge in [0.1, 0.15) is 5.75 Å². The summed E-state index contributed by atoms with van der Waals surface area (Å²) >= 11 is 0. The number of ether oxygens (including phenoxy) is 1. The van der Waals surface area contributed by atoms with E-state index in [1.54, 1.807) is 7.11 Å². The summed E-state index contributed by atoms with van der Waals surface area (Å²) in [6.07, 6.45) is 0.977. The fourth-order valence-corrected chi connectivity index (χ4v) is 2.18. The van der Waals surface area contributed by atoms with Gasteiger partial charge >= 0.3 is 0 Å². The van der Waals surface area contributed by atoms with Crippen molar-refractivity contribution in [3.8, 4) is 5.75 Å². The molecule has 0 amide bonds. The lowest BCUT2D eigenvalue weighted by Gasteiger charge is -2.23. The predicted molar refractivity (Wildman–Crippen MR) is 72.4 cm³/mol. The van der Waals surface area contributed by atoms with Crippen molar-refractivity contribution in [1.82, 2.24) is 5.32 Å². The maximum Gasteiger partial charge on any atom is 0.122 e. The Labute approximate surface area is 104 Å². The first-order valence-electron chi connectivity index (χ1n) is 6.22. The van der Waals surface area contributed by atoms with Gasteiger partial charge in [-0.15, -0.1) is 0 Å². The number of rotatable bonds is 6. The van der Waals surface area contributed by atoms with Crippen LogP contribution in [-0.2, 0) is 6.42 Å². The quantitative estimate of drug-likeness (QED) is 0.795. The summed E-state index contributed by atoms with van der Waals surface area (Å²) < 4.78 is 5.35. The SMILES string of the molecule is CCc1cc(C(NC)C(C)CN)ccc1OC. The Kier molecular flexibility index (Phi) is 5.45. The molecule has 2 atom stereocenters. The molecule has 0 radical (unpaired) electrons. The third kappa shape index (κ3) is 3.20. The van der Waals surface area contributed by atoms with E-state index in [2.05, 4.69) is 31.3 Å². The molecule has 0 aliphatic carbocycles. The summed E-state index contributed by atoms with van der Waals surface area (Å²) in [5.41, 5.74) is 8.27. The van der Waals surface area contributed by atoms with Gasteiger partial charge in [-0.3, -0.25) is 0 Å². The summed E-state index contributed by atoms with van der Waals surface area (Å²) in [7, 11) is 3.69. The fraction of sp³-hybridized carbons (Fsp3) is 0.571. The molecule has 0 heterocycles. The smallest absolute Gasteiger partial charge is 0.122 e. The van der Waals surface area contributed by atoms with Gasteiger partial charge in [0.15, 0.2) is 0 Å². The topological polar surface area (TPSA) is 47.3 Å². The van der Waals surface area contributed by atoms with Crippen LogP contribution in [0.5, 0.6) is 5.75 Å². The second-order valence-corrected chi connectivity index (χ2v) is 4.40. The summed E-state index contributed by atoms with van der Waals surface area (Å²) in [6.45, 7) is 4.98. The Morgan fingerprint density at radius 3 is 2.59 bits per heavy atom. The van der Waals surface area contributed by atoms with Crippen LogP contribution in [0.1, 0.15) is 31.0 Å². The number of aryl methyl sites for hydroxylation is 1. The van der Waals surface area contributed by atoms with Crippen LogP contribution >= 0.6 is 0 Å². The van der Waals surface area contributed by atoms with Gasteiger partial charge in [-0.1, -0.05) is 26.0 Å². The molecule has 1 rings (SSSR count). The summed E-state index contributed by atoms with van der Waals surface area (Å²) in [4.78, 5) is 0. The number of nitrogens with two attached hydrogens (primary N) is 1. The lowest BCUT2D eigenvalue weighted by atomic mass is 9.93. The van der Waals surface area contributed by atoms with Gasteiger partial charge in [-0.2, -0.15) is 0 Å². The van der Waals surface area contributed by atoms with Crippen LogP contribution in [0.2, 0.25) is 0 Å². The Morgan fingerprint density at radius 1 is 1.41 bits per heavy atom. The number of nitrogens with one attached hydrogen (secondary N) is 1. The van der Waals surface area contributed by atoms with Gasteiger partial charge in [0.05, 0.1) is 7.11 Å². The Balaban J connectivity index is 3.04. The molecule has 0 aromatic heterocycles. The second kappa shape index (κ2) is 6.62. The predicted octanol–water partition coefficient (Wildman–Crippen LogP) is 2.11. The number of methoxy groups -OCH3 is 1. The second-order valence-electron chi connectivity index (χ2n) is 4.40. The van der Waals surface area contributed by atoms with Crippen molar-refractivity contribution < 1.29 is 4.74 Å².